The van der Waals surface area contributed by atoms with Crippen molar-refractivity contribution in [3.05, 3.63) is 95.8 Å². The molecule has 2 radical (unpaired) electrons. The van der Waals surface area contributed by atoms with E-state index in [4.69, 9.17) is 0 Å². The van der Waals surface area contributed by atoms with Gasteiger partial charge in [-0.15, -0.1) is 42.4 Å². The fourth-order valence-electron chi connectivity index (χ4n) is 2.71. The van der Waals surface area contributed by atoms with Crippen LogP contribution in [0.1, 0.15) is 56.4 Å². The van der Waals surface area contributed by atoms with E-state index in [2.05, 4.69) is 69.3 Å². The Labute approximate surface area is 215 Å². The molecule has 0 atom stereocenters. The Morgan fingerprint density at radius 2 is 1.47 bits per heavy atom. The SMILES string of the molecule is C[CH-]C.C[CH-]C.Cc1[c-]c2c(cc1)-c1ccc(C)cc1C2.Cl.Cl.[C-]1=CC=CC1.[Si]=[Zr]. The Hall–Kier alpha value is -0.400. The van der Waals surface area contributed by atoms with E-state index in [9.17, 15) is 0 Å². The molecule has 0 saturated carbocycles. The summed E-state index contributed by atoms with van der Waals surface area (Å²) in [5, 5.41) is 0. The van der Waals surface area contributed by atoms with Crippen LogP contribution in [0, 0.1) is 38.8 Å². The van der Waals surface area contributed by atoms with Crippen LogP contribution in [0.2, 0.25) is 0 Å². The first-order chi connectivity index (χ1) is 13.6. The topological polar surface area (TPSA) is 0 Å². The van der Waals surface area contributed by atoms with E-state index in [-0.39, 0.29) is 24.8 Å². The average molecular weight is 537 g/mol. The fraction of sp³-hybridized carbons (Fsp3) is 0.308. The monoisotopic (exact) mass is 534 g/mol. The standard InChI is InChI=1S/C15H13.C5H5.2C3H7.2ClH.Si.Zr/c1-10-3-5-14-12(7-10)9-13-8-11(2)4-6-15(13)14;1-2-4-5-3-1;2*1-3-2;;;;/h3-7H,9H2,1-2H3;1-3H,4H2;2*3H,1-2H3;2*1H;;/q4*-1;;;;. The predicted octanol–water partition coefficient (Wildman–Crippen LogP) is 7.90. The van der Waals surface area contributed by atoms with Gasteiger partial charge in [0.15, 0.2) is 0 Å². The molecule has 0 heterocycles. The molecule has 0 amide bonds. The first kappa shape index (κ1) is 34.2. The average Bonchev–Trinajstić information content (AvgIpc) is 3.35. The molecule has 0 unspecified atom stereocenters. The van der Waals surface area contributed by atoms with Crippen LogP contribution in [0.15, 0.2) is 48.6 Å². The summed E-state index contributed by atoms with van der Waals surface area (Å²) in [6.07, 6.45) is 15.0. The van der Waals surface area contributed by atoms with Crippen molar-refractivity contribution in [3.8, 4) is 11.1 Å². The van der Waals surface area contributed by atoms with E-state index >= 15 is 0 Å². The van der Waals surface area contributed by atoms with Gasteiger partial charge in [0.1, 0.15) is 0 Å². The van der Waals surface area contributed by atoms with Gasteiger partial charge in [-0.1, -0.05) is 36.2 Å². The van der Waals surface area contributed by atoms with Gasteiger partial charge in [-0.3, -0.25) is 6.08 Å². The van der Waals surface area contributed by atoms with Crippen LogP contribution >= 0.6 is 24.8 Å². The maximum atomic E-state index is 3.45. The summed E-state index contributed by atoms with van der Waals surface area (Å²) < 4.78 is 0. The van der Waals surface area contributed by atoms with E-state index in [1.807, 2.05) is 52.7 Å². The first-order valence-corrected chi connectivity index (χ1v) is 13.8. The molecule has 164 valence electrons. The molecule has 0 saturated heterocycles. The van der Waals surface area contributed by atoms with Gasteiger partial charge in [-0.25, -0.2) is 12.2 Å². The Balaban J connectivity index is -0.000000410. The van der Waals surface area contributed by atoms with Gasteiger partial charge in [0.2, 0.25) is 0 Å². The Morgan fingerprint density at radius 1 is 0.900 bits per heavy atom. The normalized spacial score (nSPS) is 10.4. The quantitative estimate of drug-likeness (QED) is 0.202. The summed E-state index contributed by atoms with van der Waals surface area (Å²) >= 11 is 1.36. The zero-order valence-corrected chi connectivity index (χ0v) is 24.1. The van der Waals surface area contributed by atoms with E-state index in [0.29, 0.717) is 0 Å². The summed E-state index contributed by atoms with van der Waals surface area (Å²) in [5.74, 6) is 0. The molecular formula is C26H34Cl2SiZr-4. The second-order valence-corrected chi connectivity index (χ2v) is 6.53. The number of hydrogen-bond donors (Lipinski definition) is 0. The second kappa shape index (κ2) is 21.8. The first-order valence-electron chi connectivity index (χ1n) is 9.63. The molecule has 2 aromatic carbocycles. The summed E-state index contributed by atoms with van der Waals surface area (Å²) in [4.78, 5) is 0. The summed E-state index contributed by atoms with van der Waals surface area (Å²) in [6.45, 7) is 15.3. The molecule has 2 aliphatic carbocycles. The minimum atomic E-state index is 0. The maximum absolute atomic E-state index is 3.45. The van der Waals surface area contributed by atoms with E-state index in [0.717, 1.165) is 12.8 Å². The van der Waals surface area contributed by atoms with Crippen molar-refractivity contribution in [3.63, 3.8) is 0 Å². The molecule has 0 bridgehead atoms. The van der Waals surface area contributed by atoms with Crippen molar-refractivity contribution < 1.29 is 23.3 Å². The van der Waals surface area contributed by atoms with Gasteiger partial charge in [0.05, 0.1) is 0 Å². The zero-order chi connectivity index (χ0) is 21.4. The third-order valence-electron chi connectivity index (χ3n) is 3.68. The van der Waals surface area contributed by atoms with E-state index < -0.39 is 0 Å². The molecule has 0 fully saturated rings. The van der Waals surface area contributed by atoms with Crippen LogP contribution in [-0.4, -0.2) is 6.88 Å². The van der Waals surface area contributed by atoms with E-state index in [1.54, 1.807) is 0 Å². The number of fused-ring (bicyclic) bond motifs is 3. The van der Waals surface area contributed by atoms with Crippen molar-refractivity contribution in [1.29, 1.82) is 0 Å². The molecule has 0 spiro atoms. The van der Waals surface area contributed by atoms with Crippen LogP contribution in [0.3, 0.4) is 0 Å². The zero-order valence-electron chi connectivity index (χ0n) is 19.0. The third-order valence-corrected chi connectivity index (χ3v) is 3.68. The number of rotatable bonds is 0. The van der Waals surface area contributed by atoms with Crippen molar-refractivity contribution in [2.75, 3.05) is 0 Å². The molecule has 4 heteroatoms. The number of hydrogen-bond acceptors (Lipinski definition) is 0. The van der Waals surface area contributed by atoms with Crippen LogP contribution in [0.5, 0.6) is 0 Å². The number of allylic oxidation sites excluding steroid dienone is 4. The third kappa shape index (κ3) is 13.1. The van der Waals surface area contributed by atoms with Gasteiger partial charge in [0.25, 0.3) is 0 Å². The Bertz CT molecular complexity index is 693. The molecule has 4 rings (SSSR count). The molecule has 0 aliphatic heterocycles. The van der Waals surface area contributed by atoms with Gasteiger partial charge in [-0.2, -0.15) is 57.5 Å². The predicted molar refractivity (Wildman–Crippen MR) is 136 cm³/mol. The number of halogens is 2. The van der Waals surface area contributed by atoms with Gasteiger partial charge >= 0.3 is 30.2 Å². The van der Waals surface area contributed by atoms with E-state index in [1.165, 1.54) is 56.7 Å². The van der Waals surface area contributed by atoms with Crippen LogP contribution in [0.25, 0.3) is 11.1 Å². The number of benzene rings is 2. The van der Waals surface area contributed by atoms with Crippen molar-refractivity contribution in [1.82, 2.24) is 0 Å². The molecule has 0 N–H and O–H groups in total. The molecule has 2 aromatic rings. The molecule has 0 nitrogen and oxygen atoms in total. The second-order valence-electron chi connectivity index (χ2n) is 6.53. The summed E-state index contributed by atoms with van der Waals surface area (Å²) in [5.41, 5.74) is 8.15. The van der Waals surface area contributed by atoms with Crippen LogP contribution in [-0.2, 0) is 29.8 Å². The van der Waals surface area contributed by atoms with Crippen molar-refractivity contribution in [2.45, 2.75) is 54.4 Å². The summed E-state index contributed by atoms with van der Waals surface area (Å²) in [6, 6.07) is 14.5. The Kier molecular flexibility index (Phi) is 24.9. The van der Waals surface area contributed by atoms with Crippen LogP contribution in [0.4, 0.5) is 0 Å². The van der Waals surface area contributed by atoms with Gasteiger partial charge < -0.3 is 12.8 Å². The number of aryl methyl sites for hydroxylation is 2. The molecule has 0 aromatic heterocycles. The van der Waals surface area contributed by atoms with Gasteiger partial charge in [-0.05, 0) is 18.9 Å². The van der Waals surface area contributed by atoms with Crippen molar-refractivity contribution >= 4 is 31.7 Å². The van der Waals surface area contributed by atoms with Crippen LogP contribution < -0.4 is 0 Å². The molecule has 2 aliphatic rings. The van der Waals surface area contributed by atoms with Crippen molar-refractivity contribution in [2.24, 2.45) is 0 Å². The molecular weight excluding hydrogens is 503 g/mol. The van der Waals surface area contributed by atoms with Gasteiger partial charge in [0, 0.05) is 0 Å². The fourth-order valence-corrected chi connectivity index (χ4v) is 2.71. The minimum absolute atomic E-state index is 0. The summed E-state index contributed by atoms with van der Waals surface area (Å²) in [7, 11) is 0. The Morgan fingerprint density at radius 3 is 1.93 bits per heavy atom. The molecule has 30 heavy (non-hydrogen) atoms.